The molecule has 0 aliphatic carbocycles. The first-order valence-corrected chi connectivity index (χ1v) is 9.36. The van der Waals surface area contributed by atoms with Crippen molar-refractivity contribution in [3.63, 3.8) is 0 Å². The lowest BCUT2D eigenvalue weighted by atomic mass is 10.0. The van der Waals surface area contributed by atoms with E-state index in [1.54, 1.807) is 18.2 Å². The van der Waals surface area contributed by atoms with E-state index in [4.69, 9.17) is 0 Å². The van der Waals surface area contributed by atoms with Gasteiger partial charge >= 0.3 is 0 Å². The van der Waals surface area contributed by atoms with Crippen LogP contribution in [0.2, 0.25) is 0 Å². The van der Waals surface area contributed by atoms with Crippen molar-refractivity contribution in [1.82, 2.24) is 4.98 Å². The molecule has 1 heterocycles. The summed E-state index contributed by atoms with van der Waals surface area (Å²) < 4.78 is 27.6. The van der Waals surface area contributed by atoms with Crippen molar-refractivity contribution in [3.05, 3.63) is 89.6 Å². The fourth-order valence-electron chi connectivity index (χ4n) is 3.36. The molecule has 3 aromatic carbocycles. The quantitative estimate of drug-likeness (QED) is 0.469. The Morgan fingerprint density at radius 3 is 2.40 bits per heavy atom. The molecule has 6 heteroatoms. The van der Waals surface area contributed by atoms with Gasteiger partial charge in [0.25, 0.3) is 0 Å². The zero-order valence-corrected chi connectivity index (χ0v) is 15.9. The van der Waals surface area contributed by atoms with Gasteiger partial charge in [0.15, 0.2) is 17.4 Å². The van der Waals surface area contributed by atoms with Crippen molar-refractivity contribution in [1.29, 1.82) is 5.26 Å². The minimum absolute atomic E-state index is 0.280. The Morgan fingerprint density at radius 2 is 1.70 bits per heavy atom. The highest BCUT2D eigenvalue weighted by atomic mass is 19.1. The molecule has 0 saturated carbocycles. The van der Waals surface area contributed by atoms with Crippen LogP contribution in [-0.2, 0) is 6.42 Å². The molecule has 0 bridgehead atoms. The van der Waals surface area contributed by atoms with Crippen molar-refractivity contribution in [2.24, 2.45) is 0 Å². The van der Waals surface area contributed by atoms with Crippen molar-refractivity contribution in [2.75, 3.05) is 11.9 Å². The van der Waals surface area contributed by atoms with Gasteiger partial charge in [-0.15, -0.1) is 0 Å². The van der Waals surface area contributed by atoms with Crippen LogP contribution in [-0.4, -0.2) is 16.6 Å². The predicted molar refractivity (Wildman–Crippen MR) is 112 cm³/mol. The second kappa shape index (κ2) is 8.18. The number of nitrogens with zero attached hydrogens (tertiary/aromatic N) is 2. The van der Waals surface area contributed by atoms with Crippen molar-refractivity contribution >= 4 is 16.6 Å². The Balaban J connectivity index is 1.73. The fraction of sp³-hybridized carbons (Fsp3) is 0.0833. The van der Waals surface area contributed by atoms with Crippen molar-refractivity contribution < 1.29 is 13.9 Å². The van der Waals surface area contributed by atoms with Gasteiger partial charge < -0.3 is 10.4 Å². The van der Waals surface area contributed by atoms with Gasteiger partial charge in [-0.05, 0) is 47.4 Å². The Labute approximate surface area is 172 Å². The monoisotopic (exact) mass is 401 g/mol. The van der Waals surface area contributed by atoms with Crippen LogP contribution in [0.3, 0.4) is 0 Å². The predicted octanol–water partition coefficient (Wildman–Crippen LogP) is 5.41. The number of phenolic OH excluding ortho intramolecular Hbond substituents is 1. The molecule has 30 heavy (non-hydrogen) atoms. The summed E-state index contributed by atoms with van der Waals surface area (Å²) in [6.45, 7) is 0.602. The number of aromatic hydroxyl groups is 1. The third kappa shape index (κ3) is 3.78. The van der Waals surface area contributed by atoms with E-state index >= 15 is 0 Å². The molecule has 4 aromatic rings. The average molecular weight is 401 g/mol. The van der Waals surface area contributed by atoms with E-state index in [0.29, 0.717) is 34.3 Å². The van der Waals surface area contributed by atoms with Gasteiger partial charge in [0.2, 0.25) is 0 Å². The number of hydrogen-bond donors (Lipinski definition) is 2. The first-order valence-electron chi connectivity index (χ1n) is 9.36. The highest BCUT2D eigenvalue weighted by Crippen LogP contribution is 2.33. The summed E-state index contributed by atoms with van der Waals surface area (Å²) in [4.78, 5) is 4.31. The Morgan fingerprint density at radius 1 is 0.967 bits per heavy atom. The minimum Gasteiger partial charge on any atom is -0.503 e. The summed E-state index contributed by atoms with van der Waals surface area (Å²) in [5.41, 5.74) is 3.65. The van der Waals surface area contributed by atoms with E-state index in [-0.39, 0.29) is 5.56 Å². The number of pyridine rings is 1. The number of benzene rings is 3. The molecule has 0 spiro atoms. The standard InChI is InChI=1S/C24H17F2N3O/c25-20-11-17(12-21(26)24(20)30)16-6-7-22-19(10-16)23(18(13-27)14-29-22)28-9-8-15-4-2-1-3-5-15/h1-7,10-12,14,30H,8-9H2,(H,28,29). The number of anilines is 1. The van der Waals surface area contributed by atoms with Gasteiger partial charge in [-0.2, -0.15) is 5.26 Å². The normalized spacial score (nSPS) is 10.7. The molecule has 0 aliphatic rings. The third-order valence-corrected chi connectivity index (χ3v) is 4.90. The summed E-state index contributed by atoms with van der Waals surface area (Å²) in [6, 6.07) is 19.4. The molecule has 4 nitrogen and oxygen atoms in total. The maximum Gasteiger partial charge on any atom is 0.187 e. The number of phenols is 1. The van der Waals surface area contributed by atoms with Crippen LogP contribution in [0.1, 0.15) is 11.1 Å². The molecular formula is C24H17F2N3O. The molecule has 148 valence electrons. The highest BCUT2D eigenvalue weighted by Gasteiger charge is 2.14. The number of aromatic nitrogens is 1. The summed E-state index contributed by atoms with van der Waals surface area (Å²) in [6.07, 6.45) is 2.27. The Hall–Kier alpha value is -3.98. The molecule has 0 aliphatic heterocycles. The van der Waals surface area contributed by atoms with E-state index in [9.17, 15) is 19.1 Å². The van der Waals surface area contributed by atoms with Crippen LogP contribution in [0.4, 0.5) is 14.5 Å². The summed E-state index contributed by atoms with van der Waals surface area (Å²) in [5.74, 6) is -3.07. The largest absolute Gasteiger partial charge is 0.503 e. The lowest BCUT2D eigenvalue weighted by Crippen LogP contribution is -2.07. The summed E-state index contributed by atoms with van der Waals surface area (Å²) >= 11 is 0. The second-order valence-electron chi connectivity index (χ2n) is 6.84. The van der Waals surface area contributed by atoms with Crippen molar-refractivity contribution in [3.8, 4) is 22.9 Å². The van der Waals surface area contributed by atoms with Crippen LogP contribution in [0, 0.1) is 23.0 Å². The van der Waals surface area contributed by atoms with Crippen LogP contribution < -0.4 is 5.32 Å². The molecule has 0 amide bonds. The first-order chi connectivity index (χ1) is 14.6. The first kappa shape index (κ1) is 19.3. The van der Waals surface area contributed by atoms with Gasteiger partial charge in [-0.1, -0.05) is 36.4 Å². The maximum atomic E-state index is 13.8. The molecule has 0 fully saturated rings. The van der Waals surface area contributed by atoms with Crippen LogP contribution in [0.5, 0.6) is 5.75 Å². The second-order valence-corrected chi connectivity index (χ2v) is 6.84. The van der Waals surface area contributed by atoms with Crippen molar-refractivity contribution in [2.45, 2.75) is 6.42 Å². The smallest absolute Gasteiger partial charge is 0.187 e. The number of nitrogens with one attached hydrogen (secondary N) is 1. The molecule has 4 rings (SSSR count). The highest BCUT2D eigenvalue weighted by molar-refractivity contribution is 5.96. The lowest BCUT2D eigenvalue weighted by Gasteiger charge is -2.13. The van der Waals surface area contributed by atoms with Crippen LogP contribution in [0.25, 0.3) is 22.0 Å². The van der Waals surface area contributed by atoms with Gasteiger partial charge in [0.1, 0.15) is 6.07 Å². The average Bonchev–Trinajstić information content (AvgIpc) is 2.77. The van der Waals surface area contributed by atoms with Gasteiger partial charge in [-0.3, -0.25) is 4.98 Å². The van der Waals surface area contributed by atoms with E-state index in [0.717, 1.165) is 24.1 Å². The Bertz CT molecular complexity index is 1240. The van der Waals surface area contributed by atoms with E-state index in [1.165, 1.54) is 6.20 Å². The van der Waals surface area contributed by atoms with E-state index in [2.05, 4.69) is 16.4 Å². The van der Waals surface area contributed by atoms with E-state index < -0.39 is 17.4 Å². The number of halogens is 2. The number of fused-ring (bicyclic) bond motifs is 1. The van der Waals surface area contributed by atoms with Crippen LogP contribution >= 0.6 is 0 Å². The maximum absolute atomic E-state index is 13.8. The fourth-order valence-corrected chi connectivity index (χ4v) is 3.36. The van der Waals surface area contributed by atoms with Gasteiger partial charge in [0, 0.05) is 18.1 Å². The molecule has 0 radical (unpaired) electrons. The SMILES string of the molecule is N#Cc1cnc2ccc(-c3cc(F)c(O)c(F)c3)cc2c1NCCc1ccccc1. The molecular weight excluding hydrogens is 384 g/mol. The zero-order valence-electron chi connectivity index (χ0n) is 15.9. The molecule has 0 atom stereocenters. The molecule has 0 unspecified atom stereocenters. The van der Waals surface area contributed by atoms with Crippen LogP contribution in [0.15, 0.2) is 66.9 Å². The summed E-state index contributed by atoms with van der Waals surface area (Å²) in [5, 5.41) is 22.9. The van der Waals surface area contributed by atoms with Gasteiger partial charge in [-0.25, -0.2) is 8.78 Å². The molecule has 1 aromatic heterocycles. The summed E-state index contributed by atoms with van der Waals surface area (Å²) in [7, 11) is 0. The van der Waals surface area contributed by atoms with Gasteiger partial charge in [0.05, 0.1) is 16.8 Å². The topological polar surface area (TPSA) is 68.9 Å². The lowest BCUT2D eigenvalue weighted by molar-refractivity contribution is 0.396. The zero-order chi connectivity index (χ0) is 21.1. The number of nitriles is 1. The Kier molecular flexibility index (Phi) is 5.27. The minimum atomic E-state index is -1.03. The number of rotatable bonds is 5. The number of hydrogen-bond acceptors (Lipinski definition) is 4. The van der Waals surface area contributed by atoms with E-state index in [1.807, 2.05) is 30.3 Å². The third-order valence-electron chi connectivity index (χ3n) is 4.90. The molecule has 2 N–H and O–H groups in total. The molecule has 0 saturated heterocycles.